The van der Waals surface area contributed by atoms with Gasteiger partial charge in [0.15, 0.2) is 0 Å². The van der Waals surface area contributed by atoms with Crippen LogP contribution in [0.1, 0.15) is 5.56 Å². The smallest absolute Gasteiger partial charge is 0.228 e. The van der Waals surface area contributed by atoms with Crippen molar-refractivity contribution in [1.29, 1.82) is 0 Å². The second-order valence-corrected chi connectivity index (χ2v) is 4.85. The summed E-state index contributed by atoms with van der Waals surface area (Å²) < 4.78 is 23.4. The van der Waals surface area contributed by atoms with E-state index in [1.54, 1.807) is 25.5 Å². The summed E-state index contributed by atoms with van der Waals surface area (Å²) in [6.45, 7) is 0. The molecule has 0 saturated carbocycles. The van der Waals surface area contributed by atoms with Gasteiger partial charge in [-0.1, -0.05) is 0 Å². The minimum Gasteiger partial charge on any atom is -0.497 e. The molecule has 1 aromatic heterocycles. The lowest BCUT2D eigenvalue weighted by Crippen LogP contribution is -2.14. The van der Waals surface area contributed by atoms with E-state index in [1.807, 2.05) is 6.07 Å². The highest BCUT2D eigenvalue weighted by Crippen LogP contribution is 2.26. The molecule has 3 aromatic rings. The normalized spacial score (nSPS) is 10.6. The summed E-state index contributed by atoms with van der Waals surface area (Å²) >= 11 is 0. The van der Waals surface area contributed by atoms with E-state index in [0.717, 1.165) is 10.9 Å². The van der Waals surface area contributed by atoms with Gasteiger partial charge >= 0.3 is 0 Å². The van der Waals surface area contributed by atoms with Crippen molar-refractivity contribution in [2.45, 2.75) is 6.42 Å². The van der Waals surface area contributed by atoms with E-state index in [2.05, 4.69) is 5.32 Å². The molecule has 3 rings (SSSR count). The Kier molecular flexibility index (Phi) is 3.78. The summed E-state index contributed by atoms with van der Waals surface area (Å²) in [6, 6.07) is 11.1. The first-order valence-electron chi connectivity index (χ1n) is 6.75. The van der Waals surface area contributed by atoms with Gasteiger partial charge in [-0.05, 0) is 42.5 Å². The lowest BCUT2D eigenvalue weighted by molar-refractivity contribution is -0.115. The lowest BCUT2D eigenvalue weighted by atomic mass is 10.1. The average Bonchev–Trinajstić information content (AvgIpc) is 2.91. The molecule has 112 valence electrons. The largest absolute Gasteiger partial charge is 0.497 e. The van der Waals surface area contributed by atoms with E-state index in [9.17, 15) is 9.18 Å². The van der Waals surface area contributed by atoms with E-state index in [-0.39, 0.29) is 18.1 Å². The summed E-state index contributed by atoms with van der Waals surface area (Å²) in [4.78, 5) is 12.1. The van der Waals surface area contributed by atoms with Crippen LogP contribution in [0.25, 0.3) is 11.0 Å². The second-order valence-electron chi connectivity index (χ2n) is 4.85. The molecular weight excluding hydrogens is 285 g/mol. The van der Waals surface area contributed by atoms with Crippen molar-refractivity contribution in [3.63, 3.8) is 0 Å². The molecule has 0 aliphatic carbocycles. The standard InChI is InChI=1S/C17H14FNO3/c1-21-14-6-7-16-15(9-14)11(10-22-16)8-17(20)19-13-4-2-12(18)3-5-13/h2-7,9-10H,8H2,1H3,(H,19,20). The number of carbonyl (C=O) groups excluding carboxylic acids is 1. The molecule has 1 N–H and O–H groups in total. The van der Waals surface area contributed by atoms with Crippen molar-refractivity contribution < 1.29 is 18.3 Å². The zero-order chi connectivity index (χ0) is 15.5. The van der Waals surface area contributed by atoms with E-state index in [4.69, 9.17) is 9.15 Å². The molecule has 0 aliphatic rings. The van der Waals surface area contributed by atoms with Crippen LogP contribution < -0.4 is 10.1 Å². The highest BCUT2D eigenvalue weighted by molar-refractivity contribution is 5.95. The SMILES string of the molecule is COc1ccc2occ(CC(=O)Nc3ccc(F)cc3)c2c1. The Morgan fingerprint density at radius 1 is 1.23 bits per heavy atom. The molecule has 0 radical (unpaired) electrons. The third-order valence-corrected chi connectivity index (χ3v) is 3.34. The highest BCUT2D eigenvalue weighted by Gasteiger charge is 2.11. The second kappa shape index (κ2) is 5.89. The number of nitrogens with one attached hydrogen (secondary N) is 1. The average molecular weight is 299 g/mol. The number of hydrogen-bond donors (Lipinski definition) is 1. The van der Waals surface area contributed by atoms with Crippen molar-refractivity contribution >= 4 is 22.6 Å². The third kappa shape index (κ3) is 2.93. The third-order valence-electron chi connectivity index (χ3n) is 3.34. The Labute approximate surface area is 126 Å². The zero-order valence-corrected chi connectivity index (χ0v) is 11.9. The van der Waals surface area contributed by atoms with Gasteiger partial charge in [0, 0.05) is 16.6 Å². The molecular formula is C17H14FNO3. The maximum atomic E-state index is 12.8. The fourth-order valence-corrected chi connectivity index (χ4v) is 2.24. The first kappa shape index (κ1) is 14.1. The van der Waals surface area contributed by atoms with Crippen molar-refractivity contribution in [3.05, 3.63) is 60.1 Å². The van der Waals surface area contributed by atoms with Crippen molar-refractivity contribution in [2.24, 2.45) is 0 Å². The van der Waals surface area contributed by atoms with Gasteiger partial charge in [0.1, 0.15) is 17.1 Å². The molecule has 2 aromatic carbocycles. The molecule has 0 atom stereocenters. The molecule has 5 heteroatoms. The van der Waals surface area contributed by atoms with Crippen LogP contribution in [0.3, 0.4) is 0 Å². The van der Waals surface area contributed by atoms with Crippen LogP contribution >= 0.6 is 0 Å². The van der Waals surface area contributed by atoms with Crippen LogP contribution in [-0.2, 0) is 11.2 Å². The quantitative estimate of drug-likeness (QED) is 0.798. The first-order chi connectivity index (χ1) is 10.7. The number of fused-ring (bicyclic) bond motifs is 1. The fourth-order valence-electron chi connectivity index (χ4n) is 2.24. The summed E-state index contributed by atoms with van der Waals surface area (Å²) in [5.74, 6) is 0.164. The minimum atomic E-state index is -0.342. The van der Waals surface area contributed by atoms with E-state index in [0.29, 0.717) is 17.0 Å². The van der Waals surface area contributed by atoms with Crippen molar-refractivity contribution in [3.8, 4) is 5.75 Å². The van der Waals surface area contributed by atoms with Gasteiger partial charge < -0.3 is 14.5 Å². The number of hydrogen-bond acceptors (Lipinski definition) is 3. The van der Waals surface area contributed by atoms with Gasteiger partial charge in [0.2, 0.25) is 5.91 Å². The number of benzene rings is 2. The van der Waals surface area contributed by atoms with Crippen molar-refractivity contribution in [2.75, 3.05) is 12.4 Å². The van der Waals surface area contributed by atoms with Crippen LogP contribution in [0.15, 0.2) is 53.1 Å². The van der Waals surface area contributed by atoms with Gasteiger partial charge in [-0.15, -0.1) is 0 Å². The molecule has 0 aliphatic heterocycles. The number of furan rings is 1. The number of halogens is 1. The fraction of sp³-hybridized carbons (Fsp3) is 0.118. The number of carbonyl (C=O) groups is 1. The summed E-state index contributed by atoms with van der Waals surface area (Å²) in [6.07, 6.45) is 1.73. The summed E-state index contributed by atoms with van der Waals surface area (Å²) in [5, 5.41) is 3.56. The molecule has 0 fully saturated rings. The van der Waals surface area contributed by atoms with E-state index < -0.39 is 0 Å². The van der Waals surface area contributed by atoms with Crippen LogP contribution in [0.4, 0.5) is 10.1 Å². The van der Waals surface area contributed by atoms with Crippen LogP contribution in [0, 0.1) is 5.82 Å². The molecule has 1 amide bonds. The summed E-state index contributed by atoms with van der Waals surface area (Å²) in [7, 11) is 1.59. The number of ether oxygens (including phenoxy) is 1. The number of rotatable bonds is 4. The topological polar surface area (TPSA) is 51.5 Å². The van der Waals surface area contributed by atoms with Crippen LogP contribution in [-0.4, -0.2) is 13.0 Å². The minimum absolute atomic E-state index is 0.164. The Balaban J connectivity index is 1.77. The Morgan fingerprint density at radius 2 is 2.00 bits per heavy atom. The molecule has 22 heavy (non-hydrogen) atoms. The Hall–Kier alpha value is -2.82. The molecule has 0 spiro atoms. The van der Waals surface area contributed by atoms with Gasteiger partial charge in [0.05, 0.1) is 19.8 Å². The zero-order valence-electron chi connectivity index (χ0n) is 11.9. The van der Waals surface area contributed by atoms with Gasteiger partial charge in [-0.3, -0.25) is 4.79 Å². The van der Waals surface area contributed by atoms with Crippen LogP contribution in [0.5, 0.6) is 5.75 Å². The molecule has 0 unspecified atom stereocenters. The van der Waals surface area contributed by atoms with Gasteiger partial charge in [-0.2, -0.15) is 0 Å². The van der Waals surface area contributed by atoms with Gasteiger partial charge in [-0.25, -0.2) is 4.39 Å². The van der Waals surface area contributed by atoms with E-state index in [1.165, 1.54) is 24.3 Å². The number of amides is 1. The maximum Gasteiger partial charge on any atom is 0.228 e. The molecule has 0 saturated heterocycles. The van der Waals surface area contributed by atoms with E-state index >= 15 is 0 Å². The molecule has 1 heterocycles. The summed E-state index contributed by atoms with van der Waals surface area (Å²) in [5.41, 5.74) is 2.02. The highest BCUT2D eigenvalue weighted by atomic mass is 19.1. The van der Waals surface area contributed by atoms with Crippen molar-refractivity contribution in [1.82, 2.24) is 0 Å². The molecule has 4 nitrogen and oxygen atoms in total. The number of anilines is 1. The Bertz CT molecular complexity index is 808. The maximum absolute atomic E-state index is 12.8. The predicted molar refractivity (Wildman–Crippen MR) is 81.5 cm³/mol. The monoisotopic (exact) mass is 299 g/mol. The first-order valence-corrected chi connectivity index (χ1v) is 6.75. The lowest BCUT2D eigenvalue weighted by Gasteiger charge is -2.04. The molecule has 0 bridgehead atoms. The number of methoxy groups -OCH3 is 1. The Morgan fingerprint density at radius 3 is 2.73 bits per heavy atom. The predicted octanol–water partition coefficient (Wildman–Crippen LogP) is 3.76. The van der Waals surface area contributed by atoms with Gasteiger partial charge in [0.25, 0.3) is 0 Å². The van der Waals surface area contributed by atoms with Crippen LogP contribution in [0.2, 0.25) is 0 Å².